The number of rotatable bonds is 5. The maximum atomic E-state index is 13.4. The van der Waals surface area contributed by atoms with Gasteiger partial charge in [-0.3, -0.25) is 4.79 Å². The molecule has 0 radical (unpaired) electrons. The number of carbonyl (C=O) groups excluding carboxylic acids is 1. The first-order valence-corrected chi connectivity index (χ1v) is 10.6. The van der Waals surface area contributed by atoms with Gasteiger partial charge in [0.1, 0.15) is 17.8 Å². The quantitative estimate of drug-likeness (QED) is 0.428. The summed E-state index contributed by atoms with van der Waals surface area (Å²) in [6.45, 7) is 1.18. The second-order valence-corrected chi connectivity index (χ2v) is 8.34. The Kier molecular flexibility index (Phi) is 4.93. The number of esters is 1. The number of ether oxygens (including phenoxy) is 1. The van der Waals surface area contributed by atoms with Crippen molar-refractivity contribution in [3.8, 4) is 0 Å². The average Bonchev–Trinajstić information content (AvgIpc) is 3.14. The summed E-state index contributed by atoms with van der Waals surface area (Å²) in [4.78, 5) is 19.7. The van der Waals surface area contributed by atoms with Crippen LogP contribution in [0.4, 0.5) is 9.52 Å². The highest BCUT2D eigenvalue weighted by Gasteiger charge is 2.35. The lowest BCUT2D eigenvalue weighted by molar-refractivity contribution is -0.151. The molecule has 0 aliphatic carbocycles. The van der Waals surface area contributed by atoms with Gasteiger partial charge < -0.3 is 9.64 Å². The third kappa shape index (κ3) is 3.66. The van der Waals surface area contributed by atoms with Gasteiger partial charge >= 0.3 is 5.97 Å². The van der Waals surface area contributed by atoms with Crippen molar-refractivity contribution in [1.29, 1.82) is 0 Å². The van der Waals surface area contributed by atoms with Gasteiger partial charge in [-0.25, -0.2) is 9.37 Å². The lowest BCUT2D eigenvalue weighted by Crippen LogP contribution is -2.53. The zero-order valence-electron chi connectivity index (χ0n) is 16.1. The Morgan fingerprint density at radius 2 is 1.63 bits per heavy atom. The van der Waals surface area contributed by atoms with Gasteiger partial charge in [0, 0.05) is 0 Å². The van der Waals surface area contributed by atoms with Crippen molar-refractivity contribution in [3.05, 3.63) is 95.8 Å². The molecule has 0 atom stereocenters. The molecule has 1 aliphatic rings. The van der Waals surface area contributed by atoms with Gasteiger partial charge in [0.25, 0.3) is 0 Å². The lowest BCUT2D eigenvalue weighted by atomic mass is 9.91. The van der Waals surface area contributed by atoms with Crippen LogP contribution in [0.1, 0.15) is 17.0 Å². The van der Waals surface area contributed by atoms with Gasteiger partial charge in [0.05, 0.1) is 23.3 Å². The molecule has 2 heterocycles. The maximum absolute atomic E-state index is 13.4. The van der Waals surface area contributed by atoms with Crippen molar-refractivity contribution < 1.29 is 13.9 Å². The molecule has 0 N–H and O–H groups in total. The standard InChI is InChI=1S/C24H19FN2O2S/c25-18-11-12-20-21(13-18)30-24(26-20)27-14-19(15-27)29-23(28)22(16-7-3-1-4-8-16)17-9-5-2-6-10-17/h1-13,19,22H,14-15H2. The Balaban J connectivity index is 1.29. The molecule has 4 aromatic rings. The van der Waals surface area contributed by atoms with Crippen molar-refractivity contribution >= 4 is 32.7 Å². The van der Waals surface area contributed by atoms with Gasteiger partial charge in [-0.2, -0.15) is 0 Å². The Morgan fingerprint density at radius 3 is 2.27 bits per heavy atom. The molecule has 1 aromatic heterocycles. The highest BCUT2D eigenvalue weighted by atomic mass is 32.1. The van der Waals surface area contributed by atoms with Crippen LogP contribution in [0.15, 0.2) is 78.9 Å². The maximum Gasteiger partial charge on any atom is 0.318 e. The number of carbonyl (C=O) groups is 1. The summed E-state index contributed by atoms with van der Waals surface area (Å²) in [6, 6.07) is 24.0. The zero-order valence-corrected chi connectivity index (χ0v) is 16.9. The summed E-state index contributed by atoms with van der Waals surface area (Å²) in [5.74, 6) is -0.962. The van der Waals surface area contributed by atoms with Crippen LogP contribution in [0.5, 0.6) is 0 Å². The Hall–Kier alpha value is -3.25. The predicted molar refractivity (Wildman–Crippen MR) is 116 cm³/mol. The Bertz CT molecular complexity index is 1130. The molecule has 3 aromatic carbocycles. The van der Waals surface area contributed by atoms with E-state index in [9.17, 15) is 9.18 Å². The van der Waals surface area contributed by atoms with E-state index in [0.29, 0.717) is 13.1 Å². The van der Waals surface area contributed by atoms with Crippen LogP contribution in [0.3, 0.4) is 0 Å². The summed E-state index contributed by atoms with van der Waals surface area (Å²) >= 11 is 1.45. The third-order valence-electron chi connectivity index (χ3n) is 5.24. The van der Waals surface area contributed by atoms with E-state index in [4.69, 9.17) is 4.74 Å². The molecule has 0 saturated carbocycles. The minimum absolute atomic E-state index is 0.184. The number of aromatic nitrogens is 1. The van der Waals surface area contributed by atoms with Crippen LogP contribution in [0, 0.1) is 5.82 Å². The SMILES string of the molecule is O=C(OC1CN(c2nc3ccc(F)cc3s2)C1)C(c1ccccc1)c1ccccc1. The third-order valence-corrected chi connectivity index (χ3v) is 6.32. The van der Waals surface area contributed by atoms with Crippen LogP contribution in [-0.2, 0) is 9.53 Å². The Labute approximate surface area is 177 Å². The molecular weight excluding hydrogens is 399 g/mol. The van der Waals surface area contributed by atoms with Crippen molar-refractivity contribution in [2.24, 2.45) is 0 Å². The van der Waals surface area contributed by atoms with Crippen molar-refractivity contribution in [2.45, 2.75) is 12.0 Å². The van der Waals surface area contributed by atoms with Crippen LogP contribution in [0.25, 0.3) is 10.2 Å². The van der Waals surface area contributed by atoms with E-state index in [-0.39, 0.29) is 17.9 Å². The summed E-state index contributed by atoms with van der Waals surface area (Å²) in [6.07, 6.45) is -0.184. The van der Waals surface area contributed by atoms with Gasteiger partial charge in [-0.1, -0.05) is 72.0 Å². The summed E-state index contributed by atoms with van der Waals surface area (Å²) < 4.78 is 20.1. The molecule has 0 bridgehead atoms. The number of fused-ring (bicyclic) bond motifs is 1. The monoisotopic (exact) mass is 418 g/mol. The average molecular weight is 418 g/mol. The van der Waals surface area contributed by atoms with Gasteiger partial charge in [-0.15, -0.1) is 0 Å². The molecular formula is C24H19FN2O2S. The number of hydrogen-bond acceptors (Lipinski definition) is 5. The van der Waals surface area contributed by atoms with Crippen molar-refractivity contribution in [1.82, 2.24) is 4.98 Å². The molecule has 0 amide bonds. The second kappa shape index (κ2) is 7.88. The smallest absolute Gasteiger partial charge is 0.318 e. The van der Waals surface area contributed by atoms with Gasteiger partial charge in [0.2, 0.25) is 0 Å². The molecule has 5 rings (SSSR count). The van der Waals surface area contributed by atoms with Crippen molar-refractivity contribution in [2.75, 3.05) is 18.0 Å². The normalized spacial score (nSPS) is 14.1. The number of nitrogens with zero attached hydrogens (tertiary/aromatic N) is 2. The fraction of sp³-hybridized carbons (Fsp3) is 0.167. The lowest BCUT2D eigenvalue weighted by Gasteiger charge is -2.38. The molecule has 6 heteroatoms. The molecule has 0 spiro atoms. The minimum Gasteiger partial charge on any atom is -0.458 e. The molecule has 1 saturated heterocycles. The topological polar surface area (TPSA) is 42.4 Å². The molecule has 4 nitrogen and oxygen atoms in total. The summed E-state index contributed by atoms with van der Waals surface area (Å²) in [7, 11) is 0. The van der Waals surface area contributed by atoms with E-state index in [2.05, 4.69) is 9.88 Å². The van der Waals surface area contributed by atoms with Crippen molar-refractivity contribution in [3.63, 3.8) is 0 Å². The first-order chi connectivity index (χ1) is 14.7. The van der Waals surface area contributed by atoms with Gasteiger partial charge in [-0.05, 0) is 29.3 Å². The zero-order chi connectivity index (χ0) is 20.5. The van der Waals surface area contributed by atoms with Crippen LogP contribution in [0.2, 0.25) is 0 Å². The highest BCUT2D eigenvalue weighted by molar-refractivity contribution is 7.22. The number of halogens is 1. The number of benzene rings is 3. The number of thiazole rings is 1. The van der Waals surface area contributed by atoms with Crippen LogP contribution < -0.4 is 4.90 Å². The van der Waals surface area contributed by atoms with Crippen LogP contribution >= 0.6 is 11.3 Å². The summed E-state index contributed by atoms with van der Waals surface area (Å²) in [5, 5.41) is 0.825. The fourth-order valence-corrected chi connectivity index (χ4v) is 4.69. The molecule has 1 fully saturated rings. The fourth-order valence-electron chi connectivity index (χ4n) is 3.68. The largest absolute Gasteiger partial charge is 0.458 e. The van der Waals surface area contributed by atoms with Crippen LogP contribution in [-0.4, -0.2) is 30.1 Å². The predicted octanol–water partition coefficient (Wildman–Crippen LogP) is 5.00. The van der Waals surface area contributed by atoms with E-state index < -0.39 is 5.92 Å². The van der Waals surface area contributed by atoms with E-state index in [1.54, 1.807) is 6.07 Å². The minimum atomic E-state index is -0.452. The molecule has 30 heavy (non-hydrogen) atoms. The molecule has 1 aliphatic heterocycles. The van der Waals surface area contributed by atoms with E-state index in [0.717, 1.165) is 26.5 Å². The number of hydrogen-bond donors (Lipinski definition) is 0. The Morgan fingerprint density at radius 1 is 1.00 bits per heavy atom. The molecule has 0 unspecified atom stereocenters. The summed E-state index contributed by atoms with van der Waals surface area (Å²) in [5.41, 5.74) is 2.61. The van der Waals surface area contributed by atoms with E-state index in [1.807, 2.05) is 60.7 Å². The first-order valence-electron chi connectivity index (χ1n) is 9.79. The second-order valence-electron chi connectivity index (χ2n) is 7.33. The highest BCUT2D eigenvalue weighted by Crippen LogP contribution is 2.33. The first kappa shape index (κ1) is 18.8. The molecule has 150 valence electrons. The van der Waals surface area contributed by atoms with Gasteiger partial charge in [0.15, 0.2) is 5.13 Å². The van der Waals surface area contributed by atoms with E-state index >= 15 is 0 Å². The van der Waals surface area contributed by atoms with E-state index in [1.165, 1.54) is 23.5 Å². The number of anilines is 1.